The third kappa shape index (κ3) is 4.69. The molecule has 2 aromatic rings. The molecule has 0 spiro atoms. The molecule has 4 nitrogen and oxygen atoms in total. The van der Waals surface area contributed by atoms with Crippen molar-refractivity contribution in [2.24, 2.45) is 5.92 Å². The molecule has 3 unspecified atom stereocenters. The predicted octanol–water partition coefficient (Wildman–Crippen LogP) is 3.22. The van der Waals surface area contributed by atoms with Gasteiger partial charge in [0.1, 0.15) is 5.82 Å². The summed E-state index contributed by atoms with van der Waals surface area (Å²) in [6, 6.07) is 16.0. The topological polar surface area (TPSA) is 55.4 Å². The Morgan fingerprint density at radius 3 is 2.54 bits per heavy atom. The average Bonchev–Trinajstić information content (AvgIpc) is 3.44. The Balaban J connectivity index is 1.41. The summed E-state index contributed by atoms with van der Waals surface area (Å²) < 4.78 is 18.3. The van der Waals surface area contributed by atoms with Crippen LogP contribution in [0.4, 0.5) is 4.39 Å². The van der Waals surface area contributed by atoms with E-state index < -0.39 is 6.10 Å². The van der Waals surface area contributed by atoms with Crippen LogP contribution in [0.3, 0.4) is 0 Å². The summed E-state index contributed by atoms with van der Waals surface area (Å²) in [6.45, 7) is 2.07. The number of benzene rings is 2. The molecule has 0 radical (unpaired) electrons. The summed E-state index contributed by atoms with van der Waals surface area (Å²) in [4.78, 5) is 24.3. The van der Waals surface area contributed by atoms with Crippen LogP contribution in [-0.2, 0) is 20.7 Å². The smallest absolute Gasteiger partial charge is 0.310 e. The first-order valence-electron chi connectivity index (χ1n) is 8.82. The van der Waals surface area contributed by atoms with Crippen molar-refractivity contribution in [2.75, 3.05) is 6.54 Å². The van der Waals surface area contributed by atoms with Crippen LogP contribution in [0.15, 0.2) is 54.6 Å². The van der Waals surface area contributed by atoms with Gasteiger partial charge in [-0.2, -0.15) is 0 Å². The number of carbonyl (C=O) groups excluding carboxylic acids is 2. The Morgan fingerprint density at radius 1 is 1.15 bits per heavy atom. The van der Waals surface area contributed by atoms with E-state index >= 15 is 0 Å². The molecular formula is C21H22FNO3. The SMILES string of the molecule is CC(OC(=O)C1CC1c1ccc(F)cc1)C(=O)NCCc1ccccc1. The fourth-order valence-corrected chi connectivity index (χ4v) is 2.97. The molecule has 5 heteroatoms. The minimum Gasteiger partial charge on any atom is -0.452 e. The number of nitrogens with one attached hydrogen (secondary N) is 1. The highest BCUT2D eigenvalue weighted by atomic mass is 19.1. The third-order valence-corrected chi connectivity index (χ3v) is 4.61. The molecule has 3 atom stereocenters. The van der Waals surface area contributed by atoms with E-state index in [9.17, 15) is 14.0 Å². The van der Waals surface area contributed by atoms with Crippen LogP contribution in [0.25, 0.3) is 0 Å². The van der Waals surface area contributed by atoms with E-state index in [4.69, 9.17) is 4.74 Å². The lowest BCUT2D eigenvalue weighted by atomic mass is 10.1. The van der Waals surface area contributed by atoms with Crippen LogP contribution >= 0.6 is 0 Å². The van der Waals surface area contributed by atoms with Crippen molar-refractivity contribution in [3.8, 4) is 0 Å². The van der Waals surface area contributed by atoms with E-state index in [-0.39, 0.29) is 29.5 Å². The lowest BCUT2D eigenvalue weighted by Gasteiger charge is -2.13. The third-order valence-electron chi connectivity index (χ3n) is 4.61. The Labute approximate surface area is 152 Å². The maximum absolute atomic E-state index is 13.0. The predicted molar refractivity (Wildman–Crippen MR) is 96.0 cm³/mol. The van der Waals surface area contributed by atoms with Gasteiger partial charge in [0.15, 0.2) is 6.10 Å². The summed E-state index contributed by atoms with van der Waals surface area (Å²) >= 11 is 0. The molecule has 2 aromatic carbocycles. The molecule has 0 saturated heterocycles. The van der Waals surface area contributed by atoms with Crippen LogP contribution in [0, 0.1) is 11.7 Å². The first kappa shape index (κ1) is 18.1. The van der Waals surface area contributed by atoms with Crippen LogP contribution in [0.1, 0.15) is 30.4 Å². The average molecular weight is 355 g/mol. The van der Waals surface area contributed by atoms with Gasteiger partial charge in [-0.05, 0) is 48.9 Å². The second-order valence-electron chi connectivity index (χ2n) is 6.61. The van der Waals surface area contributed by atoms with Crippen molar-refractivity contribution in [3.63, 3.8) is 0 Å². The molecule has 0 bridgehead atoms. The number of ether oxygens (including phenoxy) is 1. The highest BCUT2D eigenvalue weighted by Gasteiger charge is 2.45. The number of hydrogen-bond donors (Lipinski definition) is 1. The molecule has 1 saturated carbocycles. The van der Waals surface area contributed by atoms with Crippen molar-refractivity contribution in [1.82, 2.24) is 5.32 Å². The minimum atomic E-state index is -0.826. The molecule has 3 rings (SSSR count). The van der Waals surface area contributed by atoms with E-state index in [1.165, 1.54) is 12.1 Å². The van der Waals surface area contributed by atoms with Crippen LogP contribution in [0.2, 0.25) is 0 Å². The summed E-state index contributed by atoms with van der Waals surface area (Å²) in [6.07, 6.45) is 0.572. The standard InChI is InChI=1S/C21H22FNO3/c1-14(20(24)23-12-11-15-5-3-2-4-6-15)26-21(25)19-13-18(19)16-7-9-17(22)10-8-16/h2-10,14,18-19H,11-13H2,1H3,(H,23,24). The molecule has 0 heterocycles. The van der Waals surface area contributed by atoms with Crippen molar-refractivity contribution in [3.05, 3.63) is 71.5 Å². The molecule has 1 aliphatic rings. The van der Waals surface area contributed by atoms with Gasteiger partial charge in [0, 0.05) is 6.54 Å². The summed E-state index contributed by atoms with van der Waals surface area (Å²) in [5.41, 5.74) is 2.06. The van der Waals surface area contributed by atoms with Crippen molar-refractivity contribution in [2.45, 2.75) is 31.8 Å². The molecule has 1 N–H and O–H groups in total. The number of amides is 1. The largest absolute Gasteiger partial charge is 0.452 e. The van der Waals surface area contributed by atoms with E-state index in [0.717, 1.165) is 17.5 Å². The Morgan fingerprint density at radius 2 is 1.85 bits per heavy atom. The normalized spacial score (nSPS) is 19.5. The highest BCUT2D eigenvalue weighted by molar-refractivity contribution is 5.85. The monoisotopic (exact) mass is 355 g/mol. The minimum absolute atomic E-state index is 0.0523. The first-order valence-corrected chi connectivity index (χ1v) is 8.82. The van der Waals surface area contributed by atoms with Gasteiger partial charge in [-0.15, -0.1) is 0 Å². The maximum atomic E-state index is 13.0. The fraction of sp³-hybridized carbons (Fsp3) is 0.333. The fourth-order valence-electron chi connectivity index (χ4n) is 2.97. The Hall–Kier alpha value is -2.69. The van der Waals surface area contributed by atoms with E-state index in [2.05, 4.69) is 5.32 Å². The number of rotatable bonds is 7. The van der Waals surface area contributed by atoms with Crippen molar-refractivity contribution < 1.29 is 18.7 Å². The zero-order chi connectivity index (χ0) is 18.5. The summed E-state index contributed by atoms with van der Waals surface area (Å²) in [5.74, 6) is -1.16. The van der Waals surface area contributed by atoms with E-state index in [0.29, 0.717) is 13.0 Å². The lowest BCUT2D eigenvalue weighted by Crippen LogP contribution is -2.37. The van der Waals surface area contributed by atoms with E-state index in [1.807, 2.05) is 30.3 Å². The molecule has 1 amide bonds. The van der Waals surface area contributed by atoms with Gasteiger partial charge in [-0.3, -0.25) is 9.59 Å². The first-order chi connectivity index (χ1) is 12.5. The van der Waals surface area contributed by atoms with Gasteiger partial charge < -0.3 is 10.1 Å². The molecule has 1 aliphatic carbocycles. The van der Waals surface area contributed by atoms with Crippen LogP contribution < -0.4 is 5.32 Å². The second kappa shape index (κ2) is 8.13. The van der Waals surface area contributed by atoms with Gasteiger partial charge in [0.25, 0.3) is 5.91 Å². The van der Waals surface area contributed by atoms with E-state index in [1.54, 1.807) is 19.1 Å². The molecule has 1 fully saturated rings. The Bertz CT molecular complexity index is 761. The number of carbonyl (C=O) groups is 2. The van der Waals surface area contributed by atoms with Gasteiger partial charge in [-0.1, -0.05) is 42.5 Å². The van der Waals surface area contributed by atoms with Gasteiger partial charge in [-0.25, -0.2) is 4.39 Å². The zero-order valence-corrected chi connectivity index (χ0v) is 14.7. The van der Waals surface area contributed by atoms with Gasteiger partial charge in [0.2, 0.25) is 0 Å². The van der Waals surface area contributed by atoms with Gasteiger partial charge in [0.05, 0.1) is 5.92 Å². The quantitative estimate of drug-likeness (QED) is 0.776. The molecule has 136 valence electrons. The zero-order valence-electron chi connectivity index (χ0n) is 14.7. The van der Waals surface area contributed by atoms with Crippen LogP contribution in [-0.4, -0.2) is 24.5 Å². The molecule has 0 aliphatic heterocycles. The summed E-state index contributed by atoms with van der Waals surface area (Å²) in [7, 11) is 0. The number of esters is 1. The van der Waals surface area contributed by atoms with Gasteiger partial charge >= 0.3 is 5.97 Å². The maximum Gasteiger partial charge on any atom is 0.310 e. The highest BCUT2D eigenvalue weighted by Crippen LogP contribution is 2.48. The van der Waals surface area contributed by atoms with Crippen molar-refractivity contribution >= 4 is 11.9 Å². The van der Waals surface area contributed by atoms with Crippen LogP contribution in [0.5, 0.6) is 0 Å². The lowest BCUT2D eigenvalue weighted by molar-refractivity contribution is -0.156. The Kier molecular flexibility index (Phi) is 5.66. The second-order valence-corrected chi connectivity index (χ2v) is 6.61. The number of hydrogen-bond acceptors (Lipinski definition) is 3. The molecule has 26 heavy (non-hydrogen) atoms. The molecule has 0 aromatic heterocycles. The molecular weight excluding hydrogens is 333 g/mol. The van der Waals surface area contributed by atoms with Crippen molar-refractivity contribution in [1.29, 1.82) is 0 Å². The summed E-state index contributed by atoms with van der Waals surface area (Å²) in [5, 5.41) is 2.79. The number of halogens is 1.